The fourth-order valence-corrected chi connectivity index (χ4v) is 3.85. The zero-order valence-electron chi connectivity index (χ0n) is 15.7. The second-order valence-electron chi connectivity index (χ2n) is 6.77. The highest BCUT2D eigenvalue weighted by Gasteiger charge is 2.30. The van der Waals surface area contributed by atoms with Gasteiger partial charge in [-0.25, -0.2) is 0 Å². The molecule has 148 valence electrons. The Balaban J connectivity index is 1.52. The number of aromatic nitrogens is 4. The van der Waals surface area contributed by atoms with Gasteiger partial charge in [0.1, 0.15) is 5.75 Å². The highest BCUT2D eigenvalue weighted by atomic mass is 32.2. The molecule has 1 fully saturated rings. The van der Waals surface area contributed by atoms with Gasteiger partial charge in [0.05, 0.1) is 11.4 Å². The Morgan fingerprint density at radius 1 is 1.21 bits per heavy atom. The predicted octanol–water partition coefficient (Wildman–Crippen LogP) is 3.31. The van der Waals surface area contributed by atoms with E-state index in [1.165, 1.54) is 36.9 Å². The number of nitrogens with one attached hydrogen (secondary N) is 1. The van der Waals surface area contributed by atoms with Crippen LogP contribution in [0.3, 0.4) is 0 Å². The number of pyridine rings is 1. The minimum absolute atomic E-state index is 0.0835. The third-order valence-electron chi connectivity index (χ3n) is 4.48. The largest absolute Gasteiger partial charge is 0.506 e. The zero-order valence-corrected chi connectivity index (χ0v) is 16.5. The molecule has 0 aliphatic heterocycles. The van der Waals surface area contributed by atoms with Crippen molar-refractivity contribution in [1.29, 1.82) is 0 Å². The Kier molecular flexibility index (Phi) is 5.30. The molecule has 2 heterocycles. The molecule has 2 aromatic heterocycles. The number of hydrogen-bond acceptors (Lipinski definition) is 7. The van der Waals surface area contributed by atoms with Crippen molar-refractivity contribution in [3.05, 3.63) is 48.3 Å². The molecule has 29 heavy (non-hydrogen) atoms. The van der Waals surface area contributed by atoms with Crippen molar-refractivity contribution < 1.29 is 14.7 Å². The summed E-state index contributed by atoms with van der Waals surface area (Å²) in [6, 6.07) is 8.55. The maximum atomic E-state index is 12.7. The molecule has 1 amide bonds. The lowest BCUT2D eigenvalue weighted by molar-refractivity contribution is -0.114. The van der Waals surface area contributed by atoms with Gasteiger partial charge in [0, 0.05) is 36.5 Å². The summed E-state index contributed by atoms with van der Waals surface area (Å²) in [5.74, 6) is 0.422. The summed E-state index contributed by atoms with van der Waals surface area (Å²) in [5, 5.41) is 21.7. The molecule has 1 saturated carbocycles. The molecule has 8 nitrogen and oxygen atoms in total. The molecular formula is C20H19N5O3S. The summed E-state index contributed by atoms with van der Waals surface area (Å²) >= 11 is 1.33. The molecule has 0 bridgehead atoms. The lowest BCUT2D eigenvalue weighted by Crippen LogP contribution is -2.09. The van der Waals surface area contributed by atoms with Crippen molar-refractivity contribution in [3.8, 4) is 17.1 Å². The van der Waals surface area contributed by atoms with Gasteiger partial charge in [-0.1, -0.05) is 11.8 Å². The van der Waals surface area contributed by atoms with E-state index in [4.69, 9.17) is 0 Å². The Morgan fingerprint density at radius 2 is 1.97 bits per heavy atom. The number of nitrogens with zero attached hydrogens (tertiary/aromatic N) is 4. The molecule has 3 aromatic rings. The van der Waals surface area contributed by atoms with E-state index in [0.29, 0.717) is 16.8 Å². The van der Waals surface area contributed by atoms with E-state index in [-0.39, 0.29) is 28.9 Å². The van der Waals surface area contributed by atoms with Crippen molar-refractivity contribution in [2.24, 2.45) is 0 Å². The molecular weight excluding hydrogens is 390 g/mol. The van der Waals surface area contributed by atoms with Gasteiger partial charge in [0.25, 0.3) is 0 Å². The fourth-order valence-electron chi connectivity index (χ4n) is 2.95. The van der Waals surface area contributed by atoms with Crippen molar-refractivity contribution in [3.63, 3.8) is 0 Å². The van der Waals surface area contributed by atoms with Crippen LogP contribution in [0, 0.1) is 0 Å². The van der Waals surface area contributed by atoms with Crippen LogP contribution in [-0.4, -0.2) is 42.3 Å². The maximum Gasteiger partial charge on any atom is 0.221 e. The van der Waals surface area contributed by atoms with Gasteiger partial charge < -0.3 is 10.4 Å². The molecule has 1 aliphatic carbocycles. The van der Waals surface area contributed by atoms with E-state index in [9.17, 15) is 14.7 Å². The Bertz CT molecular complexity index is 1060. The molecule has 0 atom stereocenters. The average molecular weight is 409 g/mol. The number of benzene rings is 1. The highest BCUT2D eigenvalue weighted by molar-refractivity contribution is 7.99. The monoisotopic (exact) mass is 409 g/mol. The molecule has 0 radical (unpaired) electrons. The summed E-state index contributed by atoms with van der Waals surface area (Å²) < 4.78 is 2.09. The lowest BCUT2D eigenvalue weighted by atomic mass is 10.1. The van der Waals surface area contributed by atoms with Crippen molar-refractivity contribution in [1.82, 2.24) is 19.7 Å². The van der Waals surface area contributed by atoms with Gasteiger partial charge in [0.2, 0.25) is 5.91 Å². The predicted molar refractivity (Wildman–Crippen MR) is 109 cm³/mol. The van der Waals surface area contributed by atoms with E-state index in [0.717, 1.165) is 24.2 Å². The topological polar surface area (TPSA) is 110 Å². The molecule has 0 unspecified atom stereocenters. The van der Waals surface area contributed by atoms with Gasteiger partial charge in [0.15, 0.2) is 16.8 Å². The van der Waals surface area contributed by atoms with Crippen LogP contribution in [0.5, 0.6) is 5.75 Å². The molecule has 0 spiro atoms. The second kappa shape index (κ2) is 8.04. The summed E-state index contributed by atoms with van der Waals surface area (Å²) in [7, 11) is 0. The smallest absolute Gasteiger partial charge is 0.221 e. The maximum absolute atomic E-state index is 12.7. The van der Waals surface area contributed by atoms with E-state index in [2.05, 4.69) is 25.1 Å². The molecule has 2 N–H and O–H groups in total. The van der Waals surface area contributed by atoms with Gasteiger partial charge in [-0.05, 0) is 43.2 Å². The van der Waals surface area contributed by atoms with Crippen molar-refractivity contribution in [2.75, 3.05) is 11.1 Å². The van der Waals surface area contributed by atoms with Crippen LogP contribution in [0.4, 0.5) is 5.69 Å². The lowest BCUT2D eigenvalue weighted by Gasteiger charge is -2.09. The van der Waals surface area contributed by atoms with E-state index in [1.54, 1.807) is 12.4 Å². The number of ketones is 1. The molecule has 4 rings (SSSR count). The Labute approximate surface area is 171 Å². The van der Waals surface area contributed by atoms with Crippen LogP contribution in [0.25, 0.3) is 11.4 Å². The van der Waals surface area contributed by atoms with Crippen molar-refractivity contribution in [2.45, 2.75) is 31.0 Å². The number of carbonyl (C=O) groups excluding carboxylic acids is 2. The fraction of sp³-hybridized carbons (Fsp3) is 0.250. The van der Waals surface area contributed by atoms with E-state index < -0.39 is 0 Å². The number of anilines is 1. The summed E-state index contributed by atoms with van der Waals surface area (Å²) in [6.45, 7) is 1.34. The summed E-state index contributed by atoms with van der Waals surface area (Å²) in [4.78, 5) is 28.0. The Morgan fingerprint density at radius 3 is 2.66 bits per heavy atom. The molecule has 9 heteroatoms. The quantitative estimate of drug-likeness (QED) is 0.350. The van der Waals surface area contributed by atoms with E-state index in [1.807, 2.05) is 12.1 Å². The van der Waals surface area contributed by atoms with Crippen LogP contribution >= 0.6 is 11.8 Å². The van der Waals surface area contributed by atoms with Gasteiger partial charge in [-0.3, -0.25) is 19.1 Å². The molecule has 0 saturated heterocycles. The SMILES string of the molecule is CC(=O)Nc1cc(C(=O)CSc2nnc(-c3ccncc3)n2C2CC2)ccc1O. The highest BCUT2D eigenvalue weighted by Crippen LogP contribution is 2.41. The van der Waals surface area contributed by atoms with Gasteiger partial charge in [-0.2, -0.15) is 0 Å². The average Bonchev–Trinajstić information content (AvgIpc) is 3.47. The van der Waals surface area contributed by atoms with Crippen LogP contribution in [0.2, 0.25) is 0 Å². The number of hydrogen-bond donors (Lipinski definition) is 2. The number of Topliss-reactive ketones (excluding diaryl/α,β-unsaturated/α-hetero) is 1. The first-order valence-electron chi connectivity index (χ1n) is 9.15. The van der Waals surface area contributed by atoms with Crippen LogP contribution < -0.4 is 5.32 Å². The van der Waals surface area contributed by atoms with Crippen LogP contribution in [-0.2, 0) is 4.79 Å². The van der Waals surface area contributed by atoms with Gasteiger partial charge in [-0.15, -0.1) is 10.2 Å². The third kappa shape index (κ3) is 4.29. The normalized spacial score (nSPS) is 13.3. The van der Waals surface area contributed by atoms with Crippen molar-refractivity contribution >= 4 is 29.1 Å². The number of phenols is 1. The number of aromatic hydroxyl groups is 1. The standard InChI is InChI=1S/C20H19N5O3S/c1-12(26)22-16-10-14(2-5-17(16)27)18(28)11-29-20-24-23-19(25(20)15-3-4-15)13-6-8-21-9-7-13/h2,5-10,15,27H,3-4,11H2,1H3,(H,22,26). The van der Waals surface area contributed by atoms with E-state index >= 15 is 0 Å². The van der Waals surface area contributed by atoms with Gasteiger partial charge >= 0.3 is 0 Å². The molecule has 1 aromatic carbocycles. The minimum Gasteiger partial charge on any atom is -0.506 e. The first kappa shape index (κ1) is 19.1. The first-order valence-corrected chi connectivity index (χ1v) is 10.1. The minimum atomic E-state index is -0.319. The van der Waals surface area contributed by atoms with Crippen LogP contribution in [0.1, 0.15) is 36.2 Å². The number of carbonyl (C=O) groups is 2. The number of amides is 1. The first-order chi connectivity index (χ1) is 14.0. The number of rotatable bonds is 7. The summed E-state index contributed by atoms with van der Waals surface area (Å²) in [5.41, 5.74) is 1.57. The third-order valence-corrected chi connectivity index (χ3v) is 5.42. The molecule has 1 aliphatic rings. The van der Waals surface area contributed by atoms with Crippen LogP contribution in [0.15, 0.2) is 47.9 Å². The number of thioether (sulfide) groups is 1. The Hall–Kier alpha value is -3.20. The second-order valence-corrected chi connectivity index (χ2v) is 7.71. The zero-order chi connectivity index (χ0) is 20.4. The summed E-state index contributed by atoms with van der Waals surface area (Å²) in [6.07, 6.45) is 5.56. The number of phenolic OH excluding ortho intramolecular Hbond substituents is 1.